The Balaban J connectivity index is 0.745. The van der Waals surface area contributed by atoms with Crippen LogP contribution in [0.15, 0.2) is 83.9 Å². The number of halogens is 2. The van der Waals surface area contributed by atoms with E-state index in [-0.39, 0.29) is 77.5 Å². The van der Waals surface area contributed by atoms with E-state index in [1.807, 2.05) is 66.1 Å². The molecule has 1 amide bonds. The summed E-state index contributed by atoms with van der Waals surface area (Å²) in [6.07, 6.45) is 8.34. The minimum absolute atomic E-state index is 0.00391. The first kappa shape index (κ1) is 55.4. The Bertz CT molecular complexity index is 3700. The molecule has 7 aliphatic heterocycles. The number of piperazine rings is 1. The van der Waals surface area contributed by atoms with E-state index in [4.69, 9.17) is 33.4 Å². The SMILES string of the molecule is CC(C)Oc1ccccc1[C@@H]1CN(c2c(F)c(F)cc3c2OCCC3)CCN1C1CC2(CCN(c3ccc(C(=O)NS(=O)(=O)c4cc5c(c([N+](=O)[O-])c4)N[C@H](C4CCOCC4)CO5)c(N4c5cc6cc[nH]c6nc5O[C@H]5COCC[C@@H]54)c3)CC2)C1. The van der Waals surface area contributed by atoms with Crippen LogP contribution in [0.5, 0.6) is 23.1 Å². The number of amides is 1. The second-order valence-corrected chi connectivity index (χ2v) is 26.0. The number of rotatable bonds is 12. The van der Waals surface area contributed by atoms with Gasteiger partial charge in [0.05, 0.1) is 58.5 Å². The maximum absolute atomic E-state index is 16.0. The number of carbonyl (C=O) groups is 1. The van der Waals surface area contributed by atoms with Crippen molar-refractivity contribution in [3.05, 3.63) is 117 Å². The van der Waals surface area contributed by atoms with Crippen LogP contribution in [0.2, 0.25) is 0 Å². The normalized spacial score (nSPS) is 23.3. The highest BCUT2D eigenvalue weighted by molar-refractivity contribution is 7.90. The number of para-hydroxylation sites is 1. The third kappa shape index (κ3) is 10.3. The number of H-pyrrole nitrogens is 1. The minimum Gasteiger partial charge on any atom is -0.491 e. The van der Waals surface area contributed by atoms with Crippen molar-refractivity contribution in [2.24, 2.45) is 11.3 Å². The number of sulfonamides is 1. The largest absolute Gasteiger partial charge is 0.491 e. The van der Waals surface area contributed by atoms with Crippen molar-refractivity contribution < 1.29 is 55.3 Å². The molecule has 0 radical (unpaired) electrons. The zero-order valence-electron chi connectivity index (χ0n) is 47.5. The number of anilines is 5. The number of piperidine rings is 1. The molecular weight excluding hydrogens is 1120 g/mol. The van der Waals surface area contributed by atoms with E-state index in [0.717, 1.165) is 73.4 Å². The fourth-order valence-electron chi connectivity index (χ4n) is 14.6. The van der Waals surface area contributed by atoms with E-state index >= 15 is 8.78 Å². The van der Waals surface area contributed by atoms with Crippen LogP contribution in [0, 0.1) is 33.1 Å². The lowest BCUT2D eigenvalue weighted by Gasteiger charge is -2.58. The summed E-state index contributed by atoms with van der Waals surface area (Å²) in [7, 11) is -4.75. The van der Waals surface area contributed by atoms with Gasteiger partial charge in [-0.1, -0.05) is 18.2 Å². The Hall–Kier alpha value is -7.47. The summed E-state index contributed by atoms with van der Waals surface area (Å²) in [5, 5.41) is 16.7. The fraction of sp³-hybridized carbons (Fsp3) is 0.484. The molecule has 1 saturated carbocycles. The second kappa shape index (κ2) is 22.1. The molecule has 1 aliphatic carbocycles. The van der Waals surface area contributed by atoms with Gasteiger partial charge < -0.3 is 53.4 Å². The molecule has 8 aliphatic rings. The van der Waals surface area contributed by atoms with Gasteiger partial charge in [-0.3, -0.25) is 19.8 Å². The summed E-state index contributed by atoms with van der Waals surface area (Å²) in [5.74, 6) is -0.984. The van der Waals surface area contributed by atoms with Gasteiger partial charge in [0.2, 0.25) is 5.88 Å². The molecule has 4 atom stereocenters. The Labute approximate surface area is 491 Å². The number of benzene rings is 4. The second-order valence-electron chi connectivity index (χ2n) is 24.3. The number of aromatic amines is 1. The molecule has 4 aromatic carbocycles. The number of nitrogens with one attached hydrogen (secondary N) is 3. The highest BCUT2D eigenvalue weighted by atomic mass is 32.2. The molecule has 4 saturated heterocycles. The van der Waals surface area contributed by atoms with Crippen molar-refractivity contribution in [2.45, 2.75) is 113 Å². The van der Waals surface area contributed by atoms with Crippen LogP contribution in [-0.4, -0.2) is 137 Å². The smallest absolute Gasteiger partial charge is 0.297 e. The standard InChI is InChI=1S/C62H69F2N9O11S/c1-36(2)83-52-8-4-3-7-43(52)51-33-70(57-55(64)45(63)26-38-6-5-22-81-58(38)57)20-21-71(51)41-31-62(32-41)15-18-69(19-16-62)40-9-10-44(48(28-40)72-47-14-25-80-35-54(47)84-61-50(72)27-39-11-17-65-59(39)67-61)60(74)68-85(77,78)42-29-49(73(75)76)56-53(30-42)82-34-46(66-56)37-12-23-79-24-13-37/h3-4,7-11,17,26-30,36-37,41,46-47,51,54,66H,5-6,12-16,18-25,31-35H2,1-2H3,(H,65,67)(H,68,74)/t46-,47-,51-,54-/m0/s1. The van der Waals surface area contributed by atoms with E-state index in [1.54, 1.807) is 12.3 Å². The quantitative estimate of drug-likeness (QED) is 0.0768. The zero-order valence-corrected chi connectivity index (χ0v) is 48.3. The van der Waals surface area contributed by atoms with Crippen molar-refractivity contribution in [1.82, 2.24) is 19.6 Å². The van der Waals surface area contributed by atoms with Crippen molar-refractivity contribution in [3.63, 3.8) is 0 Å². The number of fused-ring (bicyclic) bond motifs is 5. The van der Waals surface area contributed by atoms with E-state index in [0.29, 0.717) is 106 Å². The molecule has 0 unspecified atom stereocenters. The van der Waals surface area contributed by atoms with Crippen LogP contribution in [0.4, 0.5) is 42.9 Å². The topological polar surface area (TPSA) is 215 Å². The molecule has 85 heavy (non-hydrogen) atoms. The Morgan fingerprint density at radius 2 is 1.72 bits per heavy atom. The van der Waals surface area contributed by atoms with E-state index < -0.39 is 49.2 Å². The number of aromatic nitrogens is 2. The van der Waals surface area contributed by atoms with Crippen molar-refractivity contribution in [3.8, 4) is 23.1 Å². The summed E-state index contributed by atoms with van der Waals surface area (Å²) >= 11 is 0. The van der Waals surface area contributed by atoms with Gasteiger partial charge in [0.15, 0.2) is 23.1 Å². The molecule has 2 aromatic heterocycles. The molecule has 0 bridgehead atoms. The highest BCUT2D eigenvalue weighted by Crippen LogP contribution is 2.55. The lowest BCUT2D eigenvalue weighted by Crippen LogP contribution is -2.60. The molecule has 9 heterocycles. The van der Waals surface area contributed by atoms with Crippen LogP contribution < -0.4 is 43.7 Å². The predicted octanol–water partition coefficient (Wildman–Crippen LogP) is 9.58. The van der Waals surface area contributed by atoms with Crippen molar-refractivity contribution in [2.75, 3.05) is 92.4 Å². The van der Waals surface area contributed by atoms with Crippen molar-refractivity contribution in [1.29, 1.82) is 0 Å². The summed E-state index contributed by atoms with van der Waals surface area (Å²) in [6.45, 7) is 9.42. The highest BCUT2D eigenvalue weighted by Gasteiger charge is 2.51. The molecule has 448 valence electrons. The molecule has 3 N–H and O–H groups in total. The van der Waals surface area contributed by atoms with E-state index in [2.05, 4.69) is 30.9 Å². The first-order chi connectivity index (χ1) is 41.2. The van der Waals surface area contributed by atoms with Crippen LogP contribution in [0.1, 0.15) is 92.7 Å². The van der Waals surface area contributed by atoms with Gasteiger partial charge in [-0.05, 0) is 131 Å². The Kier molecular flexibility index (Phi) is 14.4. The van der Waals surface area contributed by atoms with Crippen LogP contribution in [-0.2, 0) is 25.9 Å². The van der Waals surface area contributed by atoms with Crippen LogP contribution >= 0.6 is 0 Å². The zero-order chi connectivity index (χ0) is 58.3. The van der Waals surface area contributed by atoms with Gasteiger partial charge in [-0.2, -0.15) is 4.98 Å². The molecule has 6 aromatic rings. The van der Waals surface area contributed by atoms with Gasteiger partial charge in [-0.15, -0.1) is 0 Å². The number of nitro benzene ring substituents is 1. The van der Waals surface area contributed by atoms with E-state index in [9.17, 15) is 23.3 Å². The fourth-order valence-corrected chi connectivity index (χ4v) is 15.6. The number of nitrogens with zero attached hydrogens (tertiary/aromatic N) is 6. The minimum atomic E-state index is -4.75. The molecular formula is C62H69F2N9O11S. The molecule has 14 rings (SSSR count). The maximum Gasteiger partial charge on any atom is 0.297 e. The van der Waals surface area contributed by atoms with Gasteiger partial charge in [-0.25, -0.2) is 21.9 Å². The third-order valence-corrected chi connectivity index (χ3v) is 20.2. The number of carbonyl (C=O) groups excluding carboxylic acids is 1. The van der Waals surface area contributed by atoms with Crippen LogP contribution in [0.3, 0.4) is 0 Å². The monoisotopic (exact) mass is 1190 g/mol. The lowest BCUT2D eigenvalue weighted by atomic mass is 9.59. The maximum atomic E-state index is 16.0. The summed E-state index contributed by atoms with van der Waals surface area (Å²) in [4.78, 5) is 43.3. The number of ether oxygens (including phenoxy) is 6. The van der Waals surface area contributed by atoms with Gasteiger partial charge >= 0.3 is 0 Å². The molecule has 5 fully saturated rings. The van der Waals surface area contributed by atoms with Gasteiger partial charge in [0.25, 0.3) is 21.6 Å². The van der Waals surface area contributed by atoms with E-state index in [1.165, 1.54) is 12.1 Å². The summed E-state index contributed by atoms with van der Waals surface area (Å²) < 4.78 is 99.2. The number of nitro groups is 1. The van der Waals surface area contributed by atoms with Crippen LogP contribution in [0.25, 0.3) is 11.0 Å². The van der Waals surface area contributed by atoms with Gasteiger partial charge in [0, 0.05) is 93.6 Å². The number of pyridine rings is 1. The first-order valence-electron chi connectivity index (χ1n) is 29.8. The molecule has 23 heteroatoms. The van der Waals surface area contributed by atoms with Crippen molar-refractivity contribution >= 4 is 61.1 Å². The number of hydrogen-bond donors (Lipinski definition) is 3. The lowest BCUT2D eigenvalue weighted by molar-refractivity contribution is -0.384. The summed E-state index contributed by atoms with van der Waals surface area (Å²) in [5.41, 5.74) is 4.11. The first-order valence-corrected chi connectivity index (χ1v) is 31.3. The predicted molar refractivity (Wildman–Crippen MR) is 313 cm³/mol. The number of aryl methyl sites for hydroxylation is 1. The Morgan fingerprint density at radius 3 is 2.53 bits per heavy atom. The molecule has 1 spiro atoms. The number of hydrogen-bond acceptors (Lipinski definition) is 17. The average molecular weight is 1190 g/mol. The average Bonchev–Trinajstić information content (AvgIpc) is 1.66. The molecule has 20 nitrogen and oxygen atoms in total. The van der Waals surface area contributed by atoms with Gasteiger partial charge in [0.1, 0.15) is 41.2 Å². The Morgan fingerprint density at radius 1 is 0.906 bits per heavy atom. The third-order valence-electron chi connectivity index (χ3n) is 18.9. The summed E-state index contributed by atoms with van der Waals surface area (Å²) in [6, 6.07) is 20.3.